The highest BCUT2D eigenvalue weighted by atomic mass is 16.2. The molecule has 0 spiro atoms. The van der Waals surface area contributed by atoms with Crippen molar-refractivity contribution in [3.8, 4) is 0 Å². The summed E-state index contributed by atoms with van der Waals surface area (Å²) in [4.78, 5) is 34.2. The van der Waals surface area contributed by atoms with Crippen LogP contribution in [0.2, 0.25) is 0 Å². The SMILES string of the molecule is CCNC(=O)C1CNCCN1C(=O)c1cnc(C)cn1. The van der Waals surface area contributed by atoms with Gasteiger partial charge >= 0.3 is 0 Å². The first-order chi connectivity index (χ1) is 9.63. The highest BCUT2D eigenvalue weighted by molar-refractivity contribution is 5.96. The summed E-state index contributed by atoms with van der Waals surface area (Å²) in [6.07, 6.45) is 3.00. The molecule has 2 rings (SSSR count). The van der Waals surface area contributed by atoms with E-state index in [1.807, 2.05) is 13.8 Å². The molecule has 0 bridgehead atoms. The van der Waals surface area contributed by atoms with Gasteiger partial charge in [-0.1, -0.05) is 0 Å². The Bertz CT molecular complexity index is 488. The zero-order valence-electron chi connectivity index (χ0n) is 11.7. The van der Waals surface area contributed by atoms with Gasteiger partial charge in [0.05, 0.1) is 11.9 Å². The van der Waals surface area contributed by atoms with E-state index in [4.69, 9.17) is 0 Å². The number of carbonyl (C=O) groups excluding carboxylic acids is 2. The van der Waals surface area contributed by atoms with Crippen LogP contribution in [0.15, 0.2) is 12.4 Å². The average molecular weight is 277 g/mol. The first-order valence-corrected chi connectivity index (χ1v) is 6.71. The van der Waals surface area contributed by atoms with Crippen molar-refractivity contribution in [2.45, 2.75) is 19.9 Å². The van der Waals surface area contributed by atoms with Gasteiger partial charge in [-0.3, -0.25) is 14.6 Å². The van der Waals surface area contributed by atoms with Gasteiger partial charge in [0.1, 0.15) is 11.7 Å². The molecule has 0 saturated carbocycles. The Balaban J connectivity index is 2.16. The number of aromatic nitrogens is 2. The standard InChI is InChI=1S/C13H19N5O2/c1-3-15-12(19)11-8-14-4-5-18(11)13(20)10-7-16-9(2)6-17-10/h6-7,11,14H,3-5,8H2,1-2H3,(H,15,19). The summed E-state index contributed by atoms with van der Waals surface area (Å²) in [5, 5.41) is 5.88. The summed E-state index contributed by atoms with van der Waals surface area (Å²) < 4.78 is 0. The van der Waals surface area contributed by atoms with Gasteiger partial charge in [0.2, 0.25) is 5.91 Å². The number of piperazine rings is 1. The van der Waals surface area contributed by atoms with E-state index >= 15 is 0 Å². The van der Waals surface area contributed by atoms with E-state index in [1.54, 1.807) is 11.1 Å². The maximum Gasteiger partial charge on any atom is 0.274 e. The number of aryl methyl sites for hydroxylation is 1. The molecule has 1 aliphatic rings. The quantitative estimate of drug-likeness (QED) is 0.765. The lowest BCUT2D eigenvalue weighted by Gasteiger charge is -2.34. The van der Waals surface area contributed by atoms with Crippen LogP contribution in [0.1, 0.15) is 23.1 Å². The van der Waals surface area contributed by atoms with Crippen LogP contribution in [0.25, 0.3) is 0 Å². The molecule has 1 atom stereocenters. The fourth-order valence-corrected chi connectivity index (χ4v) is 2.12. The molecule has 0 aliphatic carbocycles. The van der Waals surface area contributed by atoms with Crippen LogP contribution in [-0.4, -0.2) is 58.9 Å². The minimum Gasteiger partial charge on any atom is -0.355 e. The molecule has 7 heteroatoms. The first kappa shape index (κ1) is 14.4. The van der Waals surface area contributed by atoms with Gasteiger partial charge in [-0.2, -0.15) is 0 Å². The van der Waals surface area contributed by atoms with E-state index in [1.165, 1.54) is 6.20 Å². The Hall–Kier alpha value is -2.02. The monoisotopic (exact) mass is 277 g/mol. The minimum absolute atomic E-state index is 0.145. The number of hydrogen-bond donors (Lipinski definition) is 2. The second-order valence-corrected chi connectivity index (χ2v) is 4.66. The molecule has 0 radical (unpaired) electrons. The predicted octanol–water partition coefficient (Wildman–Crippen LogP) is -0.665. The number of nitrogens with zero attached hydrogens (tertiary/aromatic N) is 3. The van der Waals surface area contributed by atoms with E-state index in [9.17, 15) is 9.59 Å². The molecular formula is C13H19N5O2. The van der Waals surface area contributed by atoms with Crippen molar-refractivity contribution in [1.82, 2.24) is 25.5 Å². The Morgan fingerprint density at radius 1 is 1.45 bits per heavy atom. The third-order valence-corrected chi connectivity index (χ3v) is 3.16. The summed E-state index contributed by atoms with van der Waals surface area (Å²) in [6.45, 7) is 5.81. The van der Waals surface area contributed by atoms with Gasteiger partial charge in [-0.15, -0.1) is 0 Å². The molecule has 1 aromatic rings. The molecule has 1 aliphatic heterocycles. The largest absolute Gasteiger partial charge is 0.355 e. The van der Waals surface area contributed by atoms with Crippen molar-refractivity contribution < 1.29 is 9.59 Å². The lowest BCUT2D eigenvalue weighted by atomic mass is 10.1. The fraction of sp³-hybridized carbons (Fsp3) is 0.538. The first-order valence-electron chi connectivity index (χ1n) is 6.71. The summed E-state index contributed by atoms with van der Waals surface area (Å²) in [5.74, 6) is -0.400. The van der Waals surface area contributed by atoms with Crippen molar-refractivity contribution in [3.05, 3.63) is 23.8 Å². The molecule has 1 saturated heterocycles. The fourth-order valence-electron chi connectivity index (χ4n) is 2.12. The van der Waals surface area contributed by atoms with E-state index in [-0.39, 0.29) is 17.5 Å². The Morgan fingerprint density at radius 2 is 2.25 bits per heavy atom. The van der Waals surface area contributed by atoms with E-state index in [0.717, 1.165) is 5.69 Å². The maximum absolute atomic E-state index is 12.4. The molecule has 7 nitrogen and oxygen atoms in total. The zero-order valence-corrected chi connectivity index (χ0v) is 11.7. The molecule has 2 N–H and O–H groups in total. The Labute approximate surface area is 117 Å². The summed E-state index contributed by atoms with van der Waals surface area (Å²) >= 11 is 0. The van der Waals surface area contributed by atoms with Crippen molar-refractivity contribution in [3.63, 3.8) is 0 Å². The van der Waals surface area contributed by atoms with Crippen LogP contribution < -0.4 is 10.6 Å². The average Bonchev–Trinajstić information content (AvgIpc) is 2.47. The molecule has 0 aromatic carbocycles. The van der Waals surface area contributed by atoms with Crippen LogP contribution >= 0.6 is 0 Å². The highest BCUT2D eigenvalue weighted by Crippen LogP contribution is 2.09. The van der Waals surface area contributed by atoms with Crippen molar-refractivity contribution >= 4 is 11.8 Å². The number of carbonyl (C=O) groups is 2. The molecular weight excluding hydrogens is 258 g/mol. The molecule has 2 amide bonds. The summed E-state index contributed by atoms with van der Waals surface area (Å²) in [7, 11) is 0. The predicted molar refractivity (Wildman–Crippen MR) is 73.1 cm³/mol. The highest BCUT2D eigenvalue weighted by Gasteiger charge is 2.32. The lowest BCUT2D eigenvalue weighted by molar-refractivity contribution is -0.126. The lowest BCUT2D eigenvalue weighted by Crippen LogP contribution is -2.59. The Morgan fingerprint density at radius 3 is 2.90 bits per heavy atom. The van der Waals surface area contributed by atoms with Crippen LogP contribution in [-0.2, 0) is 4.79 Å². The number of rotatable bonds is 3. The van der Waals surface area contributed by atoms with E-state index in [0.29, 0.717) is 26.2 Å². The van der Waals surface area contributed by atoms with Crippen LogP contribution in [0.5, 0.6) is 0 Å². The zero-order chi connectivity index (χ0) is 14.5. The normalized spacial score (nSPS) is 18.7. The van der Waals surface area contributed by atoms with Crippen molar-refractivity contribution in [2.75, 3.05) is 26.2 Å². The summed E-state index contributed by atoms with van der Waals surface area (Å²) in [5.41, 5.74) is 1.02. The number of nitrogens with one attached hydrogen (secondary N) is 2. The minimum atomic E-state index is -0.501. The van der Waals surface area contributed by atoms with Gasteiger partial charge in [0, 0.05) is 32.4 Å². The van der Waals surface area contributed by atoms with Gasteiger partial charge in [0.15, 0.2) is 0 Å². The topological polar surface area (TPSA) is 87.2 Å². The number of amides is 2. The van der Waals surface area contributed by atoms with Gasteiger partial charge < -0.3 is 15.5 Å². The van der Waals surface area contributed by atoms with E-state index in [2.05, 4.69) is 20.6 Å². The van der Waals surface area contributed by atoms with Crippen LogP contribution in [0.3, 0.4) is 0 Å². The van der Waals surface area contributed by atoms with Crippen LogP contribution in [0, 0.1) is 6.92 Å². The molecule has 1 unspecified atom stereocenters. The molecule has 20 heavy (non-hydrogen) atoms. The number of likely N-dealkylation sites (N-methyl/N-ethyl adjacent to an activating group) is 1. The Kier molecular flexibility index (Phi) is 4.62. The van der Waals surface area contributed by atoms with Gasteiger partial charge in [-0.25, -0.2) is 4.98 Å². The van der Waals surface area contributed by atoms with E-state index < -0.39 is 6.04 Å². The van der Waals surface area contributed by atoms with Crippen molar-refractivity contribution in [1.29, 1.82) is 0 Å². The molecule has 1 aromatic heterocycles. The van der Waals surface area contributed by atoms with Crippen LogP contribution in [0.4, 0.5) is 0 Å². The second-order valence-electron chi connectivity index (χ2n) is 4.66. The van der Waals surface area contributed by atoms with Gasteiger partial charge in [0.25, 0.3) is 5.91 Å². The smallest absolute Gasteiger partial charge is 0.274 e. The second kappa shape index (κ2) is 6.42. The van der Waals surface area contributed by atoms with Gasteiger partial charge in [-0.05, 0) is 13.8 Å². The molecule has 2 heterocycles. The third-order valence-electron chi connectivity index (χ3n) is 3.16. The molecule has 1 fully saturated rings. The maximum atomic E-state index is 12.4. The number of hydrogen-bond acceptors (Lipinski definition) is 5. The van der Waals surface area contributed by atoms with Crippen molar-refractivity contribution in [2.24, 2.45) is 0 Å². The third kappa shape index (κ3) is 3.11. The summed E-state index contributed by atoms with van der Waals surface area (Å²) in [6, 6.07) is -0.501. The molecule has 108 valence electrons.